The number of anilines is 1. The largest absolute Gasteiger partial charge is 0.504 e. The van der Waals surface area contributed by atoms with Crippen molar-refractivity contribution in [1.29, 1.82) is 5.26 Å². The molecule has 136 valence electrons. The quantitative estimate of drug-likeness (QED) is 0.521. The van der Waals surface area contributed by atoms with Gasteiger partial charge in [-0.1, -0.05) is 11.6 Å². The molecule has 0 saturated carbocycles. The van der Waals surface area contributed by atoms with Gasteiger partial charge in [-0.05, 0) is 28.9 Å². The van der Waals surface area contributed by atoms with E-state index in [1.54, 1.807) is 14.0 Å². The molecule has 26 heavy (non-hydrogen) atoms. The molecule has 0 amide bonds. The van der Waals surface area contributed by atoms with Gasteiger partial charge in [-0.25, -0.2) is 4.98 Å². The Kier molecular flexibility index (Phi) is 6.80. The zero-order chi connectivity index (χ0) is 19.3. The van der Waals surface area contributed by atoms with Crippen molar-refractivity contribution in [3.05, 3.63) is 44.0 Å². The Balaban J connectivity index is 2.37. The number of nitrogens with zero attached hydrogens (tertiary/aromatic N) is 3. The Hall–Kier alpha value is -2.34. The number of phenolic OH excluding ortho intramolecular Hbond substituents is 1. The van der Waals surface area contributed by atoms with Crippen molar-refractivity contribution in [3.63, 3.8) is 0 Å². The first-order valence-electron chi connectivity index (χ1n) is 7.36. The molecule has 2 rings (SSSR count). The number of hydrogen-bond donors (Lipinski definition) is 2. The third-order valence-electron chi connectivity index (χ3n) is 3.46. The number of benzene rings is 1. The molecule has 0 spiro atoms. The smallest absolute Gasteiger partial charge is 0.166 e. The van der Waals surface area contributed by atoms with Gasteiger partial charge in [0.05, 0.1) is 25.6 Å². The maximum absolute atomic E-state index is 10.1. The molecule has 1 aromatic carbocycles. The Bertz CT molecular complexity index is 897. The van der Waals surface area contributed by atoms with Gasteiger partial charge in [-0.2, -0.15) is 10.4 Å². The molecule has 0 unspecified atom stereocenters. The number of hydrogen-bond acceptors (Lipinski definition) is 7. The fraction of sp³-hybridized carbons (Fsp3) is 0.235. The zero-order valence-corrected chi connectivity index (χ0v) is 16.6. The molecular formula is C17H16BrClN4O3. The lowest BCUT2D eigenvalue weighted by Gasteiger charge is -2.12. The van der Waals surface area contributed by atoms with Crippen molar-refractivity contribution in [1.82, 2.24) is 4.98 Å². The summed E-state index contributed by atoms with van der Waals surface area (Å²) >= 11 is 9.41. The topological polar surface area (TPSA) is 99.8 Å². The van der Waals surface area contributed by atoms with Crippen LogP contribution in [0.15, 0.2) is 21.7 Å². The molecule has 0 aliphatic carbocycles. The molecule has 2 N–H and O–H groups in total. The van der Waals surface area contributed by atoms with Crippen LogP contribution in [0.5, 0.6) is 11.5 Å². The van der Waals surface area contributed by atoms with Crippen LogP contribution in [0.3, 0.4) is 0 Å². The van der Waals surface area contributed by atoms with Crippen molar-refractivity contribution >= 4 is 39.6 Å². The van der Waals surface area contributed by atoms with E-state index in [0.717, 1.165) is 0 Å². The molecule has 0 saturated heterocycles. The zero-order valence-electron chi connectivity index (χ0n) is 14.3. The maximum atomic E-state index is 10.1. The number of aromatic hydroxyl groups is 1. The summed E-state index contributed by atoms with van der Waals surface area (Å²) in [6.45, 7) is 2.05. The van der Waals surface area contributed by atoms with E-state index in [9.17, 15) is 10.4 Å². The van der Waals surface area contributed by atoms with Gasteiger partial charge in [0.2, 0.25) is 0 Å². The number of hydrazone groups is 1. The lowest BCUT2D eigenvalue weighted by atomic mass is 10.1. The molecule has 0 aliphatic rings. The van der Waals surface area contributed by atoms with E-state index in [1.807, 2.05) is 0 Å². The summed E-state index contributed by atoms with van der Waals surface area (Å²) in [6.07, 6.45) is 1.36. The van der Waals surface area contributed by atoms with E-state index in [-0.39, 0.29) is 23.9 Å². The lowest BCUT2D eigenvalue weighted by molar-refractivity contribution is 0.184. The number of methoxy groups -OCH3 is 2. The third kappa shape index (κ3) is 4.25. The van der Waals surface area contributed by atoms with Crippen molar-refractivity contribution in [2.45, 2.75) is 13.5 Å². The van der Waals surface area contributed by atoms with E-state index < -0.39 is 0 Å². The number of aryl methyl sites for hydroxylation is 1. The van der Waals surface area contributed by atoms with Crippen LogP contribution in [0.4, 0.5) is 5.82 Å². The Labute approximate surface area is 164 Å². The summed E-state index contributed by atoms with van der Waals surface area (Å²) in [5.41, 5.74) is 4.75. The van der Waals surface area contributed by atoms with Gasteiger partial charge in [-0.3, -0.25) is 5.43 Å². The average Bonchev–Trinajstić information content (AvgIpc) is 2.62. The van der Waals surface area contributed by atoms with E-state index in [1.165, 1.54) is 25.5 Å². The fourth-order valence-electron chi connectivity index (χ4n) is 2.24. The van der Waals surface area contributed by atoms with Gasteiger partial charge >= 0.3 is 0 Å². The van der Waals surface area contributed by atoms with Crippen LogP contribution in [0.25, 0.3) is 0 Å². The Morgan fingerprint density at radius 2 is 2.19 bits per heavy atom. The first-order valence-corrected chi connectivity index (χ1v) is 8.53. The van der Waals surface area contributed by atoms with Crippen LogP contribution in [0.1, 0.15) is 22.4 Å². The summed E-state index contributed by atoms with van der Waals surface area (Å²) in [4.78, 5) is 4.33. The first-order chi connectivity index (χ1) is 12.4. The molecule has 1 heterocycles. The van der Waals surface area contributed by atoms with Crippen molar-refractivity contribution in [3.8, 4) is 17.6 Å². The minimum atomic E-state index is -0.0945. The van der Waals surface area contributed by atoms with E-state index in [0.29, 0.717) is 31.9 Å². The third-order valence-corrected chi connectivity index (χ3v) is 4.74. The van der Waals surface area contributed by atoms with Gasteiger partial charge in [-0.15, -0.1) is 0 Å². The second kappa shape index (κ2) is 8.85. The highest BCUT2D eigenvalue weighted by molar-refractivity contribution is 9.10. The van der Waals surface area contributed by atoms with Crippen LogP contribution >= 0.6 is 27.5 Å². The number of ether oxygens (including phenoxy) is 2. The number of halogens is 2. The van der Waals surface area contributed by atoms with Crippen molar-refractivity contribution in [2.24, 2.45) is 5.10 Å². The molecule has 1 aromatic heterocycles. The molecule has 7 nitrogen and oxygen atoms in total. The number of pyridine rings is 1. The van der Waals surface area contributed by atoms with Crippen molar-refractivity contribution < 1.29 is 14.6 Å². The van der Waals surface area contributed by atoms with Gasteiger partial charge < -0.3 is 14.6 Å². The van der Waals surface area contributed by atoms with Gasteiger partial charge in [0.1, 0.15) is 11.6 Å². The Morgan fingerprint density at radius 3 is 2.81 bits per heavy atom. The summed E-state index contributed by atoms with van der Waals surface area (Å²) in [6, 6.07) is 5.13. The molecular weight excluding hydrogens is 424 g/mol. The van der Waals surface area contributed by atoms with E-state index >= 15 is 0 Å². The molecule has 0 atom stereocenters. The normalized spacial score (nSPS) is 10.8. The second-order valence-corrected chi connectivity index (χ2v) is 6.40. The molecule has 2 aromatic rings. The van der Waals surface area contributed by atoms with E-state index in [4.69, 9.17) is 21.1 Å². The monoisotopic (exact) mass is 438 g/mol. The average molecular weight is 440 g/mol. The van der Waals surface area contributed by atoms with Gasteiger partial charge in [0, 0.05) is 33.8 Å². The first kappa shape index (κ1) is 20.0. The molecule has 0 aliphatic heterocycles. The molecule has 0 bridgehead atoms. The summed E-state index contributed by atoms with van der Waals surface area (Å²) in [5.74, 6) is 0.421. The van der Waals surface area contributed by atoms with Crippen molar-refractivity contribution in [2.75, 3.05) is 19.6 Å². The molecule has 9 heteroatoms. The number of aromatic nitrogens is 1. The number of nitrogens with one attached hydrogen (secondary N) is 1. The van der Waals surface area contributed by atoms with Crippen LogP contribution in [-0.4, -0.2) is 30.5 Å². The predicted octanol–water partition coefficient (Wildman–Crippen LogP) is 3.98. The number of phenols is 1. The maximum Gasteiger partial charge on any atom is 0.166 e. The lowest BCUT2D eigenvalue weighted by Crippen LogP contribution is -2.05. The van der Waals surface area contributed by atoms with Crippen LogP contribution in [-0.2, 0) is 11.3 Å². The standard InChI is InChI=1S/C17H16BrClN4O3/c1-9-15(18)13(8-25-2)12(6-20)17(22-9)23-21-7-10-4-11(19)5-14(26-3)16(10)24/h4-5,7,24H,8H2,1-3H3,(H,22,23)/b21-7+. The summed E-state index contributed by atoms with van der Waals surface area (Å²) in [5, 5.41) is 24.0. The van der Waals surface area contributed by atoms with Gasteiger partial charge in [0.15, 0.2) is 17.3 Å². The highest BCUT2D eigenvalue weighted by Crippen LogP contribution is 2.32. The minimum absolute atomic E-state index is 0.0945. The van der Waals surface area contributed by atoms with Crippen LogP contribution in [0.2, 0.25) is 5.02 Å². The molecule has 0 fully saturated rings. The highest BCUT2D eigenvalue weighted by Gasteiger charge is 2.16. The highest BCUT2D eigenvalue weighted by atomic mass is 79.9. The molecule has 0 radical (unpaired) electrons. The minimum Gasteiger partial charge on any atom is -0.504 e. The van der Waals surface area contributed by atoms with Crippen LogP contribution in [0, 0.1) is 18.3 Å². The predicted molar refractivity (Wildman–Crippen MR) is 103 cm³/mol. The van der Waals surface area contributed by atoms with Crippen LogP contribution < -0.4 is 10.2 Å². The van der Waals surface area contributed by atoms with E-state index in [2.05, 4.69) is 37.5 Å². The summed E-state index contributed by atoms with van der Waals surface area (Å²) < 4.78 is 10.9. The number of nitriles is 1. The van der Waals surface area contributed by atoms with Gasteiger partial charge in [0.25, 0.3) is 0 Å². The summed E-state index contributed by atoms with van der Waals surface area (Å²) in [7, 11) is 2.97. The number of rotatable bonds is 6. The SMILES string of the molecule is COCc1c(Br)c(C)nc(N/N=C/c2cc(Cl)cc(OC)c2O)c1C#N. The fourth-order valence-corrected chi connectivity index (χ4v) is 2.85. The Morgan fingerprint density at radius 1 is 1.46 bits per heavy atom. The second-order valence-electron chi connectivity index (χ2n) is 5.17.